The summed E-state index contributed by atoms with van der Waals surface area (Å²) in [5, 5.41) is 3.07. The number of para-hydroxylation sites is 1. The number of nitrogens with one attached hydrogen (secondary N) is 1. The summed E-state index contributed by atoms with van der Waals surface area (Å²) in [4.78, 5) is 19.8. The van der Waals surface area contributed by atoms with Crippen LogP contribution in [-0.4, -0.2) is 81.8 Å². The molecule has 9 heteroatoms. The van der Waals surface area contributed by atoms with E-state index in [4.69, 9.17) is 0 Å². The molecule has 2 fully saturated rings. The zero-order chi connectivity index (χ0) is 22.8. The van der Waals surface area contributed by atoms with Crippen molar-refractivity contribution in [3.8, 4) is 0 Å². The number of hydrogen-bond acceptors (Lipinski definition) is 6. The molecule has 0 radical (unpaired) electrons. The standard InChI is InChI=1S/C24H29N5O3S/c30-24(25-12-14-27-15-17-28(18-16-27)19-7-2-1-3-8-19)21-10-6-13-29(21)23-20-9-4-5-11-22(20)33(31,32)26-23/h1-5,7-9,11,21H,6,10,12-18H2,(H,25,30)/t21-/m0/s1. The summed E-state index contributed by atoms with van der Waals surface area (Å²) in [6.07, 6.45) is 1.53. The Morgan fingerprint density at radius 3 is 2.48 bits per heavy atom. The molecule has 0 bridgehead atoms. The fourth-order valence-corrected chi connectivity index (χ4v) is 6.13. The highest BCUT2D eigenvalue weighted by atomic mass is 32.2. The summed E-state index contributed by atoms with van der Waals surface area (Å²) < 4.78 is 28.9. The number of sulfonamides is 1. The SMILES string of the molecule is O=C(NCCN1CCN(c2ccccc2)CC1)[C@@H]1CCCN1C1=NS(=O)(=O)c2ccccc21. The van der Waals surface area contributed by atoms with Gasteiger partial charge in [0.1, 0.15) is 10.9 Å². The van der Waals surface area contributed by atoms with Gasteiger partial charge in [-0.2, -0.15) is 8.42 Å². The van der Waals surface area contributed by atoms with Gasteiger partial charge in [0.15, 0.2) is 5.84 Å². The minimum absolute atomic E-state index is 0.0556. The van der Waals surface area contributed by atoms with Gasteiger partial charge in [-0.05, 0) is 37.1 Å². The maximum atomic E-state index is 13.0. The van der Waals surface area contributed by atoms with Crippen molar-refractivity contribution >= 4 is 27.5 Å². The quantitative estimate of drug-likeness (QED) is 0.718. The van der Waals surface area contributed by atoms with Gasteiger partial charge in [-0.3, -0.25) is 9.69 Å². The van der Waals surface area contributed by atoms with Crippen molar-refractivity contribution < 1.29 is 13.2 Å². The Morgan fingerprint density at radius 1 is 0.970 bits per heavy atom. The number of anilines is 1. The van der Waals surface area contributed by atoms with Gasteiger partial charge in [-0.15, -0.1) is 4.40 Å². The highest BCUT2D eigenvalue weighted by molar-refractivity contribution is 7.90. The van der Waals surface area contributed by atoms with Crippen LogP contribution >= 0.6 is 0 Å². The number of piperazine rings is 1. The van der Waals surface area contributed by atoms with E-state index in [0.29, 0.717) is 30.9 Å². The van der Waals surface area contributed by atoms with E-state index in [1.165, 1.54) is 5.69 Å². The molecular weight excluding hydrogens is 438 g/mol. The molecule has 5 rings (SSSR count). The molecule has 2 saturated heterocycles. The molecule has 3 aliphatic rings. The summed E-state index contributed by atoms with van der Waals surface area (Å²) in [7, 11) is -3.69. The molecular formula is C24H29N5O3S. The lowest BCUT2D eigenvalue weighted by molar-refractivity contribution is -0.124. The second-order valence-electron chi connectivity index (χ2n) is 8.69. The smallest absolute Gasteiger partial charge is 0.285 e. The molecule has 2 aromatic rings. The number of amidine groups is 1. The van der Waals surface area contributed by atoms with E-state index in [1.54, 1.807) is 24.3 Å². The maximum absolute atomic E-state index is 13.0. The first-order valence-corrected chi connectivity index (χ1v) is 13.0. The lowest BCUT2D eigenvalue weighted by Gasteiger charge is -2.36. The van der Waals surface area contributed by atoms with Gasteiger partial charge in [0.25, 0.3) is 10.0 Å². The van der Waals surface area contributed by atoms with Gasteiger partial charge in [-0.25, -0.2) is 0 Å². The monoisotopic (exact) mass is 467 g/mol. The van der Waals surface area contributed by atoms with E-state index in [-0.39, 0.29) is 16.8 Å². The van der Waals surface area contributed by atoms with E-state index in [9.17, 15) is 13.2 Å². The van der Waals surface area contributed by atoms with Crippen LogP contribution in [0.3, 0.4) is 0 Å². The third-order valence-electron chi connectivity index (χ3n) is 6.66. The second kappa shape index (κ2) is 9.15. The number of carbonyl (C=O) groups excluding carboxylic acids is 1. The molecule has 8 nitrogen and oxygen atoms in total. The number of rotatable bonds is 5. The minimum atomic E-state index is -3.69. The number of benzene rings is 2. The first-order chi connectivity index (χ1) is 16.0. The Kier molecular flexibility index (Phi) is 6.07. The number of hydrogen-bond donors (Lipinski definition) is 1. The highest BCUT2D eigenvalue weighted by Gasteiger charge is 2.39. The second-order valence-corrected chi connectivity index (χ2v) is 10.3. The molecule has 0 spiro atoms. The van der Waals surface area contributed by atoms with Gasteiger partial charge in [0.05, 0.1) is 0 Å². The number of carbonyl (C=O) groups is 1. The average Bonchev–Trinajstić information content (AvgIpc) is 3.43. The average molecular weight is 468 g/mol. The third kappa shape index (κ3) is 4.47. The number of amides is 1. The Balaban J connectivity index is 1.14. The maximum Gasteiger partial charge on any atom is 0.285 e. The molecule has 3 heterocycles. The van der Waals surface area contributed by atoms with Gasteiger partial charge in [-0.1, -0.05) is 30.3 Å². The summed E-state index contributed by atoms with van der Waals surface area (Å²) in [6, 6.07) is 16.9. The Hall–Kier alpha value is -2.91. The van der Waals surface area contributed by atoms with Crippen molar-refractivity contribution in [3.63, 3.8) is 0 Å². The van der Waals surface area contributed by atoms with Gasteiger partial charge in [0, 0.05) is 57.1 Å². The van der Waals surface area contributed by atoms with Crippen molar-refractivity contribution in [2.75, 3.05) is 50.7 Å². The van der Waals surface area contributed by atoms with Gasteiger partial charge < -0.3 is 15.1 Å². The molecule has 1 N–H and O–H groups in total. The van der Waals surface area contributed by atoms with Crippen LogP contribution in [0.5, 0.6) is 0 Å². The number of nitrogens with zero attached hydrogens (tertiary/aromatic N) is 4. The topological polar surface area (TPSA) is 85.3 Å². The highest BCUT2D eigenvalue weighted by Crippen LogP contribution is 2.31. The van der Waals surface area contributed by atoms with Crippen LogP contribution in [0.1, 0.15) is 18.4 Å². The van der Waals surface area contributed by atoms with Crippen molar-refractivity contribution in [3.05, 3.63) is 60.2 Å². The largest absolute Gasteiger partial charge is 0.369 e. The van der Waals surface area contributed by atoms with E-state index >= 15 is 0 Å². The first kappa shape index (κ1) is 21.9. The van der Waals surface area contributed by atoms with Crippen molar-refractivity contribution in [2.45, 2.75) is 23.8 Å². The van der Waals surface area contributed by atoms with Gasteiger partial charge in [0.2, 0.25) is 5.91 Å². The van der Waals surface area contributed by atoms with Crippen LogP contribution in [0.2, 0.25) is 0 Å². The third-order valence-corrected chi connectivity index (χ3v) is 7.99. The summed E-state index contributed by atoms with van der Waals surface area (Å²) in [5.74, 6) is 0.347. The normalized spacial score (nSPS) is 22.2. The van der Waals surface area contributed by atoms with E-state index in [0.717, 1.165) is 39.1 Å². The number of likely N-dealkylation sites (tertiary alicyclic amines) is 1. The lowest BCUT2D eigenvalue weighted by Crippen LogP contribution is -2.50. The van der Waals surface area contributed by atoms with Crippen LogP contribution in [0.4, 0.5) is 5.69 Å². The van der Waals surface area contributed by atoms with Crippen LogP contribution in [0, 0.1) is 0 Å². The van der Waals surface area contributed by atoms with Crippen molar-refractivity contribution in [2.24, 2.45) is 4.40 Å². The Labute approximate surface area is 194 Å². The van der Waals surface area contributed by atoms with Crippen LogP contribution in [0.25, 0.3) is 0 Å². The van der Waals surface area contributed by atoms with Crippen LogP contribution in [0.15, 0.2) is 63.9 Å². The molecule has 0 saturated carbocycles. The van der Waals surface area contributed by atoms with E-state index in [2.05, 4.69) is 43.8 Å². The van der Waals surface area contributed by atoms with Crippen molar-refractivity contribution in [1.29, 1.82) is 0 Å². The summed E-state index contributed by atoms with van der Waals surface area (Å²) >= 11 is 0. The molecule has 3 aliphatic heterocycles. The van der Waals surface area contributed by atoms with Crippen LogP contribution < -0.4 is 10.2 Å². The van der Waals surface area contributed by atoms with E-state index in [1.807, 2.05) is 11.0 Å². The molecule has 174 valence electrons. The molecule has 0 aromatic heterocycles. The minimum Gasteiger partial charge on any atom is -0.369 e. The predicted octanol–water partition coefficient (Wildman–Crippen LogP) is 1.54. The first-order valence-electron chi connectivity index (χ1n) is 11.5. The molecule has 1 amide bonds. The zero-order valence-electron chi connectivity index (χ0n) is 18.6. The predicted molar refractivity (Wildman–Crippen MR) is 128 cm³/mol. The van der Waals surface area contributed by atoms with Crippen molar-refractivity contribution in [1.82, 2.24) is 15.1 Å². The molecule has 33 heavy (non-hydrogen) atoms. The Bertz CT molecular complexity index is 1140. The van der Waals surface area contributed by atoms with Gasteiger partial charge >= 0.3 is 0 Å². The zero-order valence-corrected chi connectivity index (χ0v) is 19.4. The Morgan fingerprint density at radius 2 is 1.70 bits per heavy atom. The summed E-state index contributed by atoms with van der Waals surface area (Å²) in [6.45, 7) is 5.89. The molecule has 0 unspecified atom stereocenters. The molecule has 2 aromatic carbocycles. The summed E-state index contributed by atoms with van der Waals surface area (Å²) in [5.41, 5.74) is 1.85. The number of fused-ring (bicyclic) bond motifs is 1. The van der Waals surface area contributed by atoms with Crippen LogP contribution in [-0.2, 0) is 14.8 Å². The molecule has 0 aliphatic carbocycles. The fourth-order valence-electron chi connectivity index (χ4n) is 4.91. The molecule has 1 atom stereocenters. The fraction of sp³-hybridized carbons (Fsp3) is 0.417. The lowest BCUT2D eigenvalue weighted by atomic mass is 10.1. The van der Waals surface area contributed by atoms with E-state index < -0.39 is 10.0 Å².